The van der Waals surface area contributed by atoms with Crippen molar-refractivity contribution >= 4 is 5.91 Å². The van der Waals surface area contributed by atoms with E-state index in [2.05, 4.69) is 31.1 Å². The van der Waals surface area contributed by atoms with E-state index in [4.69, 9.17) is 4.74 Å². The Bertz CT molecular complexity index is 254. The molecule has 2 atom stereocenters. The fourth-order valence-electron chi connectivity index (χ4n) is 2.05. The molecule has 0 saturated carbocycles. The second-order valence-electron chi connectivity index (χ2n) is 5.60. The molecule has 1 heterocycles. The maximum Gasteiger partial charge on any atom is 0.222 e. The van der Waals surface area contributed by atoms with Crippen LogP contribution in [0.25, 0.3) is 0 Å². The first-order valence-electron chi connectivity index (χ1n) is 6.52. The second-order valence-corrected chi connectivity index (χ2v) is 5.60. The molecule has 4 heteroatoms. The summed E-state index contributed by atoms with van der Waals surface area (Å²) in [6.07, 6.45) is 0.108. The minimum Gasteiger partial charge on any atom is -0.373 e. The maximum atomic E-state index is 11.8. The van der Waals surface area contributed by atoms with Gasteiger partial charge in [0.05, 0.1) is 18.8 Å². The van der Waals surface area contributed by atoms with Crippen LogP contribution in [0.4, 0.5) is 0 Å². The summed E-state index contributed by atoms with van der Waals surface area (Å²) in [6.45, 7) is 10.7. The van der Waals surface area contributed by atoms with Gasteiger partial charge < -0.3 is 15.0 Å². The molecule has 1 N–H and O–H groups in total. The molecular weight excluding hydrogens is 216 g/mol. The summed E-state index contributed by atoms with van der Waals surface area (Å²) in [5, 5.41) is 3.12. The highest BCUT2D eigenvalue weighted by Gasteiger charge is 2.30. The molecule has 1 aliphatic heterocycles. The van der Waals surface area contributed by atoms with E-state index in [9.17, 15) is 4.79 Å². The maximum absolute atomic E-state index is 11.8. The van der Waals surface area contributed by atoms with Crippen LogP contribution in [0.1, 0.15) is 27.7 Å². The van der Waals surface area contributed by atoms with Gasteiger partial charge in [0.2, 0.25) is 5.91 Å². The number of nitrogens with one attached hydrogen (secondary N) is 1. The van der Waals surface area contributed by atoms with Gasteiger partial charge in [-0.25, -0.2) is 0 Å². The number of rotatable bonds is 4. The lowest BCUT2D eigenvalue weighted by molar-refractivity contribution is -0.127. The minimum absolute atomic E-state index is 0.0255. The number of amides is 1. The van der Waals surface area contributed by atoms with Gasteiger partial charge in [-0.1, -0.05) is 27.7 Å². The third-order valence-corrected chi connectivity index (χ3v) is 3.25. The number of nitrogens with zero attached hydrogens (tertiary/aromatic N) is 1. The number of likely N-dealkylation sites (N-methyl/N-ethyl adjacent to an activating group) is 1. The molecule has 1 rings (SSSR count). The van der Waals surface area contributed by atoms with Crippen LogP contribution in [0.2, 0.25) is 0 Å². The quantitative estimate of drug-likeness (QED) is 0.803. The number of hydrogen-bond donors (Lipinski definition) is 1. The molecular formula is C13H26N2O2. The Hall–Kier alpha value is -0.610. The summed E-state index contributed by atoms with van der Waals surface area (Å²) < 4.78 is 5.80. The van der Waals surface area contributed by atoms with E-state index in [1.54, 1.807) is 0 Å². The first-order valence-corrected chi connectivity index (χ1v) is 6.52. The fourth-order valence-corrected chi connectivity index (χ4v) is 2.05. The van der Waals surface area contributed by atoms with Gasteiger partial charge in [0, 0.05) is 19.0 Å². The van der Waals surface area contributed by atoms with E-state index >= 15 is 0 Å². The third-order valence-electron chi connectivity index (χ3n) is 3.25. The predicted molar refractivity (Wildman–Crippen MR) is 68.8 cm³/mol. The van der Waals surface area contributed by atoms with Gasteiger partial charge in [0.1, 0.15) is 0 Å². The standard InChI is InChI=1S/C13H26N2O2/c1-9(2)12(14-13(16)10(3)4)11-8-15(5)6-7-17-11/h9-12H,6-8H2,1-5H3,(H,14,16)/t11-,12+/m1/s1. The van der Waals surface area contributed by atoms with Gasteiger partial charge in [-0.15, -0.1) is 0 Å². The van der Waals surface area contributed by atoms with E-state index in [0.29, 0.717) is 5.92 Å². The van der Waals surface area contributed by atoms with Gasteiger partial charge in [-0.2, -0.15) is 0 Å². The van der Waals surface area contributed by atoms with Gasteiger partial charge in [0.15, 0.2) is 0 Å². The van der Waals surface area contributed by atoms with Gasteiger partial charge in [-0.3, -0.25) is 4.79 Å². The molecule has 0 bridgehead atoms. The van der Waals surface area contributed by atoms with Crippen molar-refractivity contribution in [1.29, 1.82) is 0 Å². The Morgan fingerprint density at radius 2 is 2.00 bits per heavy atom. The third kappa shape index (κ3) is 4.28. The summed E-state index contributed by atoms with van der Waals surface area (Å²) in [5.74, 6) is 0.521. The lowest BCUT2D eigenvalue weighted by Crippen LogP contribution is -2.55. The molecule has 0 aromatic carbocycles. The van der Waals surface area contributed by atoms with Crippen LogP contribution in [0.5, 0.6) is 0 Å². The normalized spacial score (nSPS) is 24.1. The highest BCUT2D eigenvalue weighted by molar-refractivity contribution is 5.78. The lowest BCUT2D eigenvalue weighted by atomic mass is 9.96. The van der Waals surface area contributed by atoms with Crippen molar-refractivity contribution in [3.05, 3.63) is 0 Å². The van der Waals surface area contributed by atoms with Crippen LogP contribution in [0.15, 0.2) is 0 Å². The molecule has 1 fully saturated rings. The van der Waals surface area contributed by atoms with Crippen LogP contribution < -0.4 is 5.32 Å². The van der Waals surface area contributed by atoms with E-state index < -0.39 is 0 Å². The van der Waals surface area contributed by atoms with E-state index in [0.717, 1.165) is 19.7 Å². The number of ether oxygens (including phenoxy) is 1. The van der Waals surface area contributed by atoms with Crippen LogP contribution in [0, 0.1) is 11.8 Å². The topological polar surface area (TPSA) is 41.6 Å². The van der Waals surface area contributed by atoms with Crippen molar-refractivity contribution in [1.82, 2.24) is 10.2 Å². The number of carbonyl (C=O) groups excluding carboxylic acids is 1. The molecule has 0 spiro atoms. The molecule has 100 valence electrons. The van der Waals surface area contributed by atoms with Crippen LogP contribution >= 0.6 is 0 Å². The Labute approximate surface area is 105 Å². The SMILES string of the molecule is CC(C)C(=O)N[C@@H](C(C)C)[C@H]1CN(C)CCO1. The van der Waals surface area contributed by atoms with E-state index in [1.807, 2.05) is 13.8 Å². The van der Waals surface area contributed by atoms with Crippen LogP contribution in [0.3, 0.4) is 0 Å². The molecule has 0 radical (unpaired) electrons. The van der Waals surface area contributed by atoms with Crippen molar-refractivity contribution in [3.63, 3.8) is 0 Å². The number of hydrogen-bond acceptors (Lipinski definition) is 3. The summed E-state index contributed by atoms with van der Waals surface area (Å²) in [7, 11) is 2.09. The molecule has 0 aliphatic carbocycles. The zero-order chi connectivity index (χ0) is 13.0. The molecule has 0 aromatic rings. The molecule has 0 aromatic heterocycles. The summed E-state index contributed by atoms with van der Waals surface area (Å²) >= 11 is 0. The summed E-state index contributed by atoms with van der Waals surface area (Å²) in [5.41, 5.74) is 0. The molecule has 0 unspecified atom stereocenters. The number of morpholine rings is 1. The molecule has 4 nitrogen and oxygen atoms in total. The molecule has 1 aliphatic rings. The first kappa shape index (κ1) is 14.5. The predicted octanol–water partition coefficient (Wildman–Crippen LogP) is 1.11. The second kappa shape index (κ2) is 6.36. The van der Waals surface area contributed by atoms with Crippen molar-refractivity contribution in [2.75, 3.05) is 26.7 Å². The Balaban J connectivity index is 2.61. The Kier molecular flexibility index (Phi) is 5.40. The van der Waals surface area contributed by atoms with Crippen molar-refractivity contribution < 1.29 is 9.53 Å². The largest absolute Gasteiger partial charge is 0.373 e. The molecule has 1 amide bonds. The Morgan fingerprint density at radius 3 is 2.47 bits per heavy atom. The highest BCUT2D eigenvalue weighted by atomic mass is 16.5. The monoisotopic (exact) mass is 242 g/mol. The summed E-state index contributed by atoms with van der Waals surface area (Å²) in [6, 6.07) is 0.104. The van der Waals surface area contributed by atoms with Crippen molar-refractivity contribution in [3.8, 4) is 0 Å². The average molecular weight is 242 g/mol. The highest BCUT2D eigenvalue weighted by Crippen LogP contribution is 2.15. The van der Waals surface area contributed by atoms with Crippen molar-refractivity contribution in [2.45, 2.75) is 39.8 Å². The fraction of sp³-hybridized carbons (Fsp3) is 0.923. The molecule has 17 heavy (non-hydrogen) atoms. The minimum atomic E-state index is 0.0255. The zero-order valence-electron chi connectivity index (χ0n) is 11.7. The smallest absolute Gasteiger partial charge is 0.222 e. The average Bonchev–Trinajstić information content (AvgIpc) is 2.24. The van der Waals surface area contributed by atoms with Gasteiger partial charge in [-0.05, 0) is 13.0 Å². The lowest BCUT2D eigenvalue weighted by Gasteiger charge is -2.37. The van der Waals surface area contributed by atoms with Crippen molar-refractivity contribution in [2.24, 2.45) is 11.8 Å². The zero-order valence-corrected chi connectivity index (χ0v) is 11.7. The molecule has 1 saturated heterocycles. The van der Waals surface area contributed by atoms with E-state index in [-0.39, 0.29) is 24.0 Å². The van der Waals surface area contributed by atoms with Gasteiger partial charge >= 0.3 is 0 Å². The van der Waals surface area contributed by atoms with E-state index in [1.165, 1.54) is 0 Å². The van der Waals surface area contributed by atoms with Gasteiger partial charge in [0.25, 0.3) is 0 Å². The first-order chi connectivity index (χ1) is 7.91. The van der Waals surface area contributed by atoms with Crippen LogP contribution in [-0.4, -0.2) is 49.7 Å². The Morgan fingerprint density at radius 1 is 1.35 bits per heavy atom. The van der Waals surface area contributed by atoms with Crippen LogP contribution in [-0.2, 0) is 9.53 Å². The summed E-state index contributed by atoms with van der Waals surface area (Å²) in [4.78, 5) is 14.1. The number of carbonyl (C=O) groups is 1.